The lowest BCUT2D eigenvalue weighted by Gasteiger charge is -2.31. The van der Waals surface area contributed by atoms with Crippen LogP contribution in [-0.2, 0) is 4.79 Å². The van der Waals surface area contributed by atoms with E-state index in [0.717, 1.165) is 25.9 Å². The summed E-state index contributed by atoms with van der Waals surface area (Å²) in [5, 5.41) is 2.90. The molecule has 0 aromatic heterocycles. The number of amides is 3. The van der Waals surface area contributed by atoms with Gasteiger partial charge in [0.25, 0.3) is 0 Å². The van der Waals surface area contributed by atoms with Crippen LogP contribution in [0, 0.1) is 11.8 Å². The van der Waals surface area contributed by atoms with E-state index in [1.54, 1.807) is 0 Å². The van der Waals surface area contributed by atoms with Crippen LogP contribution in [0.25, 0.3) is 0 Å². The highest BCUT2D eigenvalue weighted by Crippen LogP contribution is 2.19. The fraction of sp³-hybridized carbons (Fsp3) is 0.833. The number of hydrogen-bond donors (Lipinski definition) is 2. The van der Waals surface area contributed by atoms with Crippen molar-refractivity contribution in [3.05, 3.63) is 0 Å². The number of hydrogen-bond acceptors (Lipinski definition) is 2. The summed E-state index contributed by atoms with van der Waals surface area (Å²) in [6.07, 6.45) is 2.19. The monoisotopic (exact) mass is 241 g/mol. The van der Waals surface area contributed by atoms with Gasteiger partial charge in [0.1, 0.15) is 0 Å². The fourth-order valence-corrected chi connectivity index (χ4v) is 2.03. The standard InChI is InChI=1S/C12H23N3O2/c1-9(2)8-14-12(17)15-5-3-10(4-6-15)7-11(13)16/h9-10H,3-8H2,1-2H3,(H2,13,16)(H,14,17). The van der Waals surface area contributed by atoms with Gasteiger partial charge in [0, 0.05) is 26.1 Å². The predicted octanol–water partition coefficient (Wildman–Crippen LogP) is 0.939. The van der Waals surface area contributed by atoms with Gasteiger partial charge in [-0.25, -0.2) is 4.79 Å². The minimum atomic E-state index is -0.243. The van der Waals surface area contributed by atoms with Gasteiger partial charge in [-0.3, -0.25) is 4.79 Å². The summed E-state index contributed by atoms with van der Waals surface area (Å²) in [6, 6.07) is 0.0104. The van der Waals surface area contributed by atoms with Crippen molar-refractivity contribution in [2.24, 2.45) is 17.6 Å². The first-order valence-corrected chi connectivity index (χ1v) is 6.30. The van der Waals surface area contributed by atoms with Crippen LogP contribution >= 0.6 is 0 Å². The average Bonchev–Trinajstić information content (AvgIpc) is 2.26. The van der Waals surface area contributed by atoms with Crippen LogP contribution in [0.15, 0.2) is 0 Å². The first kappa shape index (κ1) is 13.8. The SMILES string of the molecule is CC(C)CNC(=O)N1CCC(CC(N)=O)CC1. The van der Waals surface area contributed by atoms with Crippen molar-refractivity contribution < 1.29 is 9.59 Å². The predicted molar refractivity (Wildman–Crippen MR) is 66.3 cm³/mol. The van der Waals surface area contributed by atoms with Crippen molar-refractivity contribution >= 4 is 11.9 Å². The maximum absolute atomic E-state index is 11.8. The zero-order valence-corrected chi connectivity index (χ0v) is 10.7. The number of carbonyl (C=O) groups is 2. The van der Waals surface area contributed by atoms with E-state index in [1.807, 2.05) is 4.90 Å². The molecule has 5 nitrogen and oxygen atoms in total. The maximum atomic E-state index is 11.8. The third-order valence-corrected chi connectivity index (χ3v) is 3.05. The summed E-state index contributed by atoms with van der Waals surface area (Å²) < 4.78 is 0. The number of nitrogens with zero attached hydrogens (tertiary/aromatic N) is 1. The molecular formula is C12H23N3O2. The summed E-state index contributed by atoms with van der Waals surface area (Å²) >= 11 is 0. The number of carbonyl (C=O) groups excluding carboxylic acids is 2. The number of primary amides is 1. The van der Waals surface area contributed by atoms with Gasteiger partial charge in [0.2, 0.25) is 5.91 Å². The number of urea groups is 1. The molecule has 1 fully saturated rings. The highest BCUT2D eigenvalue weighted by Gasteiger charge is 2.23. The Morgan fingerprint density at radius 2 is 1.94 bits per heavy atom. The lowest BCUT2D eigenvalue weighted by atomic mass is 9.93. The van der Waals surface area contributed by atoms with Gasteiger partial charge in [-0.2, -0.15) is 0 Å². The van der Waals surface area contributed by atoms with Gasteiger partial charge < -0.3 is 16.0 Å². The molecular weight excluding hydrogens is 218 g/mol. The fourth-order valence-electron chi connectivity index (χ4n) is 2.03. The second-order valence-corrected chi connectivity index (χ2v) is 5.18. The molecule has 0 saturated carbocycles. The van der Waals surface area contributed by atoms with Crippen molar-refractivity contribution in [2.45, 2.75) is 33.1 Å². The lowest BCUT2D eigenvalue weighted by Crippen LogP contribution is -2.45. The summed E-state index contributed by atoms with van der Waals surface area (Å²) in [6.45, 7) is 6.29. The van der Waals surface area contributed by atoms with Gasteiger partial charge in [0.05, 0.1) is 0 Å². The van der Waals surface area contributed by atoms with E-state index in [0.29, 0.717) is 24.8 Å². The molecule has 3 N–H and O–H groups in total. The smallest absolute Gasteiger partial charge is 0.317 e. The normalized spacial score (nSPS) is 17.2. The summed E-state index contributed by atoms with van der Waals surface area (Å²) in [4.78, 5) is 24.4. The topological polar surface area (TPSA) is 75.4 Å². The highest BCUT2D eigenvalue weighted by atomic mass is 16.2. The van der Waals surface area contributed by atoms with Crippen molar-refractivity contribution in [3.8, 4) is 0 Å². The molecule has 0 unspecified atom stereocenters. The minimum absolute atomic E-state index is 0.0104. The molecule has 17 heavy (non-hydrogen) atoms. The number of rotatable bonds is 4. The molecule has 1 aliphatic rings. The van der Waals surface area contributed by atoms with Crippen LogP contribution in [-0.4, -0.2) is 36.5 Å². The van der Waals surface area contributed by atoms with Gasteiger partial charge >= 0.3 is 6.03 Å². The van der Waals surface area contributed by atoms with Gasteiger partial charge in [-0.1, -0.05) is 13.8 Å². The van der Waals surface area contributed by atoms with Crippen LogP contribution in [0.2, 0.25) is 0 Å². The van der Waals surface area contributed by atoms with E-state index in [9.17, 15) is 9.59 Å². The molecule has 0 aliphatic carbocycles. The molecule has 0 spiro atoms. The Morgan fingerprint density at radius 1 is 1.35 bits per heavy atom. The maximum Gasteiger partial charge on any atom is 0.317 e. The number of likely N-dealkylation sites (tertiary alicyclic amines) is 1. The van der Waals surface area contributed by atoms with Crippen LogP contribution in [0.1, 0.15) is 33.1 Å². The number of nitrogens with one attached hydrogen (secondary N) is 1. The Hall–Kier alpha value is -1.26. The third kappa shape index (κ3) is 5.06. The lowest BCUT2D eigenvalue weighted by molar-refractivity contribution is -0.119. The molecule has 1 heterocycles. The Morgan fingerprint density at radius 3 is 2.41 bits per heavy atom. The molecule has 3 amide bonds. The van der Waals surface area contributed by atoms with Crippen LogP contribution in [0.5, 0.6) is 0 Å². The Labute approximate surface area is 103 Å². The largest absolute Gasteiger partial charge is 0.370 e. The molecule has 1 rings (SSSR count). The van der Waals surface area contributed by atoms with Crippen LogP contribution < -0.4 is 11.1 Å². The first-order chi connectivity index (χ1) is 7.99. The van der Waals surface area contributed by atoms with Gasteiger partial charge in [-0.15, -0.1) is 0 Å². The van der Waals surface area contributed by atoms with E-state index < -0.39 is 0 Å². The van der Waals surface area contributed by atoms with Crippen molar-refractivity contribution in [3.63, 3.8) is 0 Å². The molecule has 0 radical (unpaired) electrons. The Bertz CT molecular complexity index is 271. The summed E-state index contributed by atoms with van der Waals surface area (Å²) in [5.41, 5.74) is 5.17. The van der Waals surface area contributed by atoms with E-state index >= 15 is 0 Å². The van der Waals surface area contributed by atoms with Crippen molar-refractivity contribution in [1.82, 2.24) is 10.2 Å². The second-order valence-electron chi connectivity index (χ2n) is 5.18. The van der Waals surface area contributed by atoms with Crippen molar-refractivity contribution in [2.75, 3.05) is 19.6 Å². The molecule has 0 atom stereocenters. The third-order valence-electron chi connectivity index (χ3n) is 3.05. The summed E-state index contributed by atoms with van der Waals surface area (Å²) in [7, 11) is 0. The average molecular weight is 241 g/mol. The zero-order chi connectivity index (χ0) is 12.8. The molecule has 5 heteroatoms. The van der Waals surface area contributed by atoms with Crippen LogP contribution in [0.3, 0.4) is 0 Å². The number of nitrogens with two attached hydrogens (primary N) is 1. The quantitative estimate of drug-likeness (QED) is 0.768. The Kier molecular flexibility index (Phi) is 5.25. The molecule has 0 aromatic rings. The van der Waals surface area contributed by atoms with Crippen molar-refractivity contribution in [1.29, 1.82) is 0 Å². The second kappa shape index (κ2) is 6.47. The van der Waals surface area contributed by atoms with E-state index in [-0.39, 0.29) is 11.9 Å². The van der Waals surface area contributed by atoms with Gasteiger partial charge in [0.15, 0.2) is 0 Å². The van der Waals surface area contributed by atoms with E-state index in [2.05, 4.69) is 19.2 Å². The minimum Gasteiger partial charge on any atom is -0.370 e. The first-order valence-electron chi connectivity index (χ1n) is 6.30. The zero-order valence-electron chi connectivity index (χ0n) is 10.7. The molecule has 0 aromatic carbocycles. The van der Waals surface area contributed by atoms with Gasteiger partial charge in [-0.05, 0) is 24.7 Å². The van der Waals surface area contributed by atoms with Crippen LogP contribution in [0.4, 0.5) is 4.79 Å². The van der Waals surface area contributed by atoms with E-state index in [1.165, 1.54) is 0 Å². The molecule has 1 aliphatic heterocycles. The molecule has 1 saturated heterocycles. The highest BCUT2D eigenvalue weighted by molar-refractivity contribution is 5.75. The number of piperidine rings is 1. The summed E-state index contributed by atoms with van der Waals surface area (Å²) in [5.74, 6) is 0.570. The van der Waals surface area contributed by atoms with E-state index in [4.69, 9.17) is 5.73 Å². The molecule has 0 bridgehead atoms. The molecule has 98 valence electrons. The Balaban J connectivity index is 2.26.